The van der Waals surface area contributed by atoms with Crippen LogP contribution >= 0.6 is 0 Å². The second kappa shape index (κ2) is 10.4. The maximum atomic E-state index is 13.9. The van der Waals surface area contributed by atoms with E-state index in [-0.39, 0.29) is 29.8 Å². The second-order valence-corrected chi connectivity index (χ2v) is 10.7. The molecule has 3 rings (SSSR count). The number of carbonyl (C=O) groups excluding carboxylic acids is 2. The Kier molecular flexibility index (Phi) is 8.04. The number of benzene rings is 1. The molecule has 1 aromatic rings. The molecule has 2 heterocycles. The molecule has 0 radical (unpaired) electrons. The van der Waals surface area contributed by atoms with Crippen molar-refractivity contribution in [1.29, 1.82) is 0 Å². The number of rotatable bonds is 5. The summed E-state index contributed by atoms with van der Waals surface area (Å²) in [5, 5.41) is 0. The van der Waals surface area contributed by atoms with Crippen molar-refractivity contribution in [2.75, 3.05) is 32.8 Å². The number of hydrogen-bond acceptors (Lipinski definition) is 4. The first-order chi connectivity index (χ1) is 15.5. The van der Waals surface area contributed by atoms with Gasteiger partial charge < -0.3 is 19.3 Å². The van der Waals surface area contributed by atoms with Crippen LogP contribution in [0.2, 0.25) is 0 Å². The summed E-state index contributed by atoms with van der Waals surface area (Å²) in [6.45, 7) is 12.5. The number of nitrogens with zero attached hydrogens (tertiary/aromatic N) is 2. The summed E-state index contributed by atoms with van der Waals surface area (Å²) in [6, 6.07) is 6.35. The van der Waals surface area contributed by atoms with Crippen LogP contribution in [0.5, 0.6) is 0 Å². The van der Waals surface area contributed by atoms with E-state index >= 15 is 0 Å². The molecule has 0 saturated carbocycles. The number of ether oxygens (including phenoxy) is 2. The summed E-state index contributed by atoms with van der Waals surface area (Å²) >= 11 is 0. The summed E-state index contributed by atoms with van der Waals surface area (Å²) in [5.74, 6) is -0.0273. The van der Waals surface area contributed by atoms with Crippen molar-refractivity contribution in [2.45, 2.75) is 77.4 Å². The first kappa shape index (κ1) is 25.5. The van der Waals surface area contributed by atoms with Crippen molar-refractivity contribution < 1.29 is 23.5 Å². The molecule has 2 fully saturated rings. The monoisotopic (exact) mass is 462 g/mol. The Morgan fingerprint density at radius 2 is 1.85 bits per heavy atom. The van der Waals surface area contributed by atoms with E-state index in [9.17, 15) is 14.0 Å². The van der Waals surface area contributed by atoms with Crippen LogP contribution in [0.1, 0.15) is 65.9 Å². The molecular weight excluding hydrogens is 423 g/mol. The first-order valence-corrected chi connectivity index (χ1v) is 12.1. The second-order valence-electron chi connectivity index (χ2n) is 10.7. The zero-order valence-electron chi connectivity index (χ0n) is 20.7. The van der Waals surface area contributed by atoms with Gasteiger partial charge in [-0.3, -0.25) is 4.79 Å². The average Bonchev–Trinajstić information content (AvgIpc) is 2.76. The fourth-order valence-electron chi connectivity index (χ4n) is 4.91. The van der Waals surface area contributed by atoms with Crippen LogP contribution in [-0.4, -0.2) is 66.3 Å². The van der Waals surface area contributed by atoms with E-state index in [1.807, 2.05) is 39.5 Å². The lowest BCUT2D eigenvalue weighted by Gasteiger charge is -2.43. The first-order valence-electron chi connectivity index (χ1n) is 12.1. The topological polar surface area (TPSA) is 59.1 Å². The summed E-state index contributed by atoms with van der Waals surface area (Å²) in [5.41, 5.74) is -0.378. The molecule has 0 aromatic heterocycles. The van der Waals surface area contributed by atoms with E-state index in [0.717, 1.165) is 18.4 Å². The molecule has 2 aliphatic heterocycles. The molecule has 0 N–H and O–H groups in total. The lowest BCUT2D eigenvalue weighted by molar-refractivity contribution is -0.143. The predicted molar refractivity (Wildman–Crippen MR) is 126 cm³/mol. The Labute approximate surface area is 197 Å². The predicted octanol–water partition coefficient (Wildman–Crippen LogP) is 4.76. The molecule has 0 bridgehead atoms. The fraction of sp³-hybridized carbons (Fsp3) is 0.692. The molecule has 33 heavy (non-hydrogen) atoms. The Balaban J connectivity index is 1.75. The van der Waals surface area contributed by atoms with E-state index in [0.29, 0.717) is 45.7 Å². The number of carbonyl (C=O) groups is 2. The van der Waals surface area contributed by atoms with E-state index < -0.39 is 11.0 Å². The highest BCUT2D eigenvalue weighted by molar-refractivity contribution is 5.88. The van der Waals surface area contributed by atoms with Crippen molar-refractivity contribution in [3.8, 4) is 0 Å². The van der Waals surface area contributed by atoms with E-state index in [1.54, 1.807) is 17.0 Å². The highest BCUT2D eigenvalue weighted by atomic mass is 19.1. The van der Waals surface area contributed by atoms with Gasteiger partial charge >= 0.3 is 6.09 Å². The van der Waals surface area contributed by atoms with Gasteiger partial charge in [0.15, 0.2) is 0 Å². The van der Waals surface area contributed by atoms with E-state index in [1.165, 1.54) is 12.1 Å². The molecule has 6 nitrogen and oxygen atoms in total. The molecule has 2 aliphatic rings. The van der Waals surface area contributed by atoms with Crippen molar-refractivity contribution in [2.24, 2.45) is 5.92 Å². The smallest absolute Gasteiger partial charge is 0.410 e. The quantitative estimate of drug-likeness (QED) is 0.633. The van der Waals surface area contributed by atoms with Crippen LogP contribution < -0.4 is 0 Å². The van der Waals surface area contributed by atoms with Gasteiger partial charge in [-0.15, -0.1) is 0 Å². The van der Waals surface area contributed by atoms with Crippen LogP contribution in [0, 0.1) is 11.7 Å². The normalized spacial score (nSPS) is 21.1. The number of halogens is 1. The Hall–Kier alpha value is -2.15. The van der Waals surface area contributed by atoms with Crippen molar-refractivity contribution in [3.63, 3.8) is 0 Å². The average molecular weight is 463 g/mol. The number of hydrogen-bond donors (Lipinski definition) is 0. The summed E-state index contributed by atoms with van der Waals surface area (Å²) in [4.78, 5) is 30.4. The minimum atomic E-state index is -0.684. The van der Waals surface area contributed by atoms with Gasteiger partial charge in [0.2, 0.25) is 5.91 Å². The highest BCUT2D eigenvalue weighted by Gasteiger charge is 2.45. The summed E-state index contributed by atoms with van der Waals surface area (Å²) in [6.07, 6.45) is 2.73. The Morgan fingerprint density at radius 1 is 1.21 bits per heavy atom. The molecule has 7 heteroatoms. The Bertz CT molecular complexity index is 813. The van der Waals surface area contributed by atoms with Gasteiger partial charge in [-0.1, -0.05) is 12.1 Å². The zero-order valence-corrected chi connectivity index (χ0v) is 20.7. The third kappa shape index (κ3) is 6.25. The molecule has 2 saturated heterocycles. The van der Waals surface area contributed by atoms with Crippen LogP contribution in [0.3, 0.4) is 0 Å². The van der Waals surface area contributed by atoms with Gasteiger partial charge in [0.05, 0.1) is 5.41 Å². The molecule has 0 aliphatic carbocycles. The van der Waals surface area contributed by atoms with Gasteiger partial charge in [-0.25, -0.2) is 9.18 Å². The van der Waals surface area contributed by atoms with Crippen molar-refractivity contribution >= 4 is 12.0 Å². The van der Waals surface area contributed by atoms with Gasteiger partial charge in [0.1, 0.15) is 11.4 Å². The molecule has 1 atom stereocenters. The third-order valence-corrected chi connectivity index (χ3v) is 6.66. The molecule has 1 unspecified atom stereocenters. The van der Waals surface area contributed by atoms with Gasteiger partial charge in [-0.2, -0.15) is 0 Å². The van der Waals surface area contributed by atoms with Crippen LogP contribution in [0.4, 0.5) is 9.18 Å². The zero-order chi connectivity index (χ0) is 24.2. The minimum absolute atomic E-state index is 0.00646. The molecule has 2 amide bonds. The number of piperidine rings is 1. The fourth-order valence-corrected chi connectivity index (χ4v) is 4.91. The van der Waals surface area contributed by atoms with Crippen LogP contribution in [0.15, 0.2) is 24.3 Å². The summed E-state index contributed by atoms with van der Waals surface area (Å²) in [7, 11) is 0. The number of amides is 2. The maximum Gasteiger partial charge on any atom is 0.410 e. The van der Waals surface area contributed by atoms with E-state index in [4.69, 9.17) is 9.47 Å². The molecule has 1 aromatic carbocycles. The standard InChI is InChI=1S/C26H39FN2O4/c1-19(2)29(24(31)33-25(3,4)5)18-20-7-6-14-28(17-20)23(30)26(12-15-32-16-13-26)21-8-10-22(27)11-9-21/h8-11,19-20H,6-7,12-18H2,1-5H3. The Morgan fingerprint density at radius 3 is 2.42 bits per heavy atom. The molecular formula is C26H39FN2O4. The van der Waals surface area contributed by atoms with E-state index in [2.05, 4.69) is 0 Å². The SMILES string of the molecule is CC(C)N(CC1CCCN(C(=O)C2(c3ccc(F)cc3)CCOCC2)C1)C(=O)OC(C)(C)C. The van der Waals surface area contributed by atoms with Gasteiger partial charge in [-0.05, 0) is 83.9 Å². The highest BCUT2D eigenvalue weighted by Crippen LogP contribution is 2.38. The lowest BCUT2D eigenvalue weighted by Crippen LogP contribution is -2.54. The van der Waals surface area contributed by atoms with Gasteiger partial charge in [0, 0.05) is 38.9 Å². The minimum Gasteiger partial charge on any atom is -0.444 e. The van der Waals surface area contributed by atoms with Crippen LogP contribution in [0.25, 0.3) is 0 Å². The number of likely N-dealkylation sites (tertiary alicyclic amines) is 1. The largest absolute Gasteiger partial charge is 0.444 e. The van der Waals surface area contributed by atoms with Crippen molar-refractivity contribution in [3.05, 3.63) is 35.6 Å². The maximum absolute atomic E-state index is 13.9. The summed E-state index contributed by atoms with van der Waals surface area (Å²) < 4.78 is 24.8. The molecule has 184 valence electrons. The molecule has 0 spiro atoms. The third-order valence-electron chi connectivity index (χ3n) is 6.66. The lowest BCUT2D eigenvalue weighted by atomic mass is 9.72. The van der Waals surface area contributed by atoms with Gasteiger partial charge in [0.25, 0.3) is 0 Å². The van der Waals surface area contributed by atoms with Crippen LogP contribution in [-0.2, 0) is 19.7 Å². The van der Waals surface area contributed by atoms with Crippen molar-refractivity contribution in [1.82, 2.24) is 9.80 Å².